The highest BCUT2D eigenvalue weighted by atomic mass is 14.6. The van der Waals surface area contributed by atoms with Crippen molar-refractivity contribution in [3.63, 3.8) is 0 Å². The Balaban J connectivity index is 2.24. The number of aromatic nitrogens is 1. The molecular weight excluding hydrogens is 232 g/mol. The number of nitrogens with two attached hydrogens (primary N) is 1. The molecule has 1 aromatic heterocycles. The first-order valence-corrected chi connectivity index (χ1v) is 6.51. The van der Waals surface area contributed by atoms with Gasteiger partial charge in [-0.3, -0.25) is 4.98 Å². The summed E-state index contributed by atoms with van der Waals surface area (Å²) in [7, 11) is 0. The molecule has 1 heterocycles. The summed E-state index contributed by atoms with van der Waals surface area (Å²) in [6.07, 6.45) is 4.70. The predicted molar refractivity (Wildman–Crippen MR) is 81.0 cm³/mol. The Morgan fingerprint density at radius 1 is 1.11 bits per heavy atom. The van der Waals surface area contributed by atoms with E-state index in [1.54, 1.807) is 0 Å². The number of nitrogens with zero attached hydrogens (tertiary/aromatic N) is 1. The van der Waals surface area contributed by atoms with E-state index in [9.17, 15) is 0 Å². The van der Waals surface area contributed by atoms with Crippen LogP contribution in [0.25, 0.3) is 21.9 Å². The summed E-state index contributed by atoms with van der Waals surface area (Å²) in [5, 5.41) is 2.39. The Labute approximate surface area is 112 Å². The van der Waals surface area contributed by atoms with E-state index in [1.807, 2.05) is 24.5 Å². The van der Waals surface area contributed by atoms with Gasteiger partial charge >= 0.3 is 0 Å². The average molecular weight is 248 g/mol. The maximum absolute atomic E-state index is 5.98. The van der Waals surface area contributed by atoms with E-state index < -0.39 is 0 Å². The van der Waals surface area contributed by atoms with Crippen LogP contribution in [0, 0.1) is 0 Å². The zero-order chi connectivity index (χ0) is 13.2. The van der Waals surface area contributed by atoms with Gasteiger partial charge in [-0.1, -0.05) is 31.2 Å². The molecule has 0 unspecified atom stereocenters. The molecule has 0 saturated heterocycles. The van der Waals surface area contributed by atoms with Crippen molar-refractivity contribution in [1.82, 2.24) is 4.98 Å². The molecule has 2 heteroatoms. The fraction of sp³-hybridized carbons (Fsp3) is 0.118. The van der Waals surface area contributed by atoms with Crippen molar-refractivity contribution in [2.24, 2.45) is 0 Å². The molecule has 0 bridgehead atoms. The largest absolute Gasteiger partial charge is 0.399 e. The summed E-state index contributed by atoms with van der Waals surface area (Å²) in [6.45, 7) is 2.13. The normalized spacial score (nSPS) is 10.8. The van der Waals surface area contributed by atoms with Gasteiger partial charge in [0.1, 0.15) is 0 Å². The molecule has 2 N–H and O–H groups in total. The van der Waals surface area contributed by atoms with Crippen molar-refractivity contribution in [3.8, 4) is 11.1 Å². The average Bonchev–Trinajstić information content (AvgIpc) is 2.47. The number of aryl methyl sites for hydroxylation is 1. The van der Waals surface area contributed by atoms with Gasteiger partial charge in [0.25, 0.3) is 0 Å². The molecule has 0 aliphatic rings. The van der Waals surface area contributed by atoms with Crippen molar-refractivity contribution in [1.29, 1.82) is 0 Å². The van der Waals surface area contributed by atoms with E-state index in [-0.39, 0.29) is 0 Å². The van der Waals surface area contributed by atoms with Crippen LogP contribution >= 0.6 is 0 Å². The van der Waals surface area contributed by atoms with Gasteiger partial charge in [-0.15, -0.1) is 0 Å². The Morgan fingerprint density at radius 2 is 2.00 bits per heavy atom. The molecule has 0 fully saturated rings. The fourth-order valence-corrected chi connectivity index (χ4v) is 2.44. The number of fused-ring (bicyclic) bond motifs is 1. The molecule has 2 aromatic carbocycles. The SMILES string of the molecule is CCc1cc(-c2cccc3ccncc23)ccc1N. The Kier molecular flexibility index (Phi) is 2.92. The highest BCUT2D eigenvalue weighted by Gasteiger charge is 2.05. The number of benzene rings is 2. The van der Waals surface area contributed by atoms with Gasteiger partial charge in [0.2, 0.25) is 0 Å². The molecule has 3 aromatic rings. The van der Waals surface area contributed by atoms with E-state index in [4.69, 9.17) is 5.73 Å². The summed E-state index contributed by atoms with van der Waals surface area (Å²) in [5.41, 5.74) is 10.4. The molecule has 0 spiro atoms. The summed E-state index contributed by atoms with van der Waals surface area (Å²) in [4.78, 5) is 4.23. The first-order valence-electron chi connectivity index (χ1n) is 6.51. The van der Waals surface area contributed by atoms with E-state index >= 15 is 0 Å². The lowest BCUT2D eigenvalue weighted by atomic mass is 9.97. The van der Waals surface area contributed by atoms with Crippen LogP contribution in [0.4, 0.5) is 5.69 Å². The minimum Gasteiger partial charge on any atom is -0.399 e. The number of nitrogen functional groups attached to an aromatic ring is 1. The topological polar surface area (TPSA) is 38.9 Å². The first-order chi connectivity index (χ1) is 9.29. The van der Waals surface area contributed by atoms with Gasteiger partial charge in [0.05, 0.1) is 0 Å². The van der Waals surface area contributed by atoms with E-state index in [0.717, 1.165) is 12.1 Å². The van der Waals surface area contributed by atoms with E-state index in [0.29, 0.717) is 0 Å². The van der Waals surface area contributed by atoms with Gasteiger partial charge in [-0.05, 0) is 46.7 Å². The monoisotopic (exact) mass is 248 g/mol. The van der Waals surface area contributed by atoms with Crippen LogP contribution < -0.4 is 5.73 Å². The second-order valence-electron chi connectivity index (χ2n) is 4.67. The van der Waals surface area contributed by atoms with E-state index in [2.05, 4.69) is 42.2 Å². The summed E-state index contributed by atoms with van der Waals surface area (Å²) < 4.78 is 0. The van der Waals surface area contributed by atoms with Crippen LogP contribution in [0.5, 0.6) is 0 Å². The van der Waals surface area contributed by atoms with Crippen LogP contribution in [0.2, 0.25) is 0 Å². The lowest BCUT2D eigenvalue weighted by molar-refractivity contribution is 1.15. The molecule has 0 aliphatic carbocycles. The number of anilines is 1. The summed E-state index contributed by atoms with van der Waals surface area (Å²) in [5.74, 6) is 0. The van der Waals surface area contributed by atoms with Crippen molar-refractivity contribution < 1.29 is 0 Å². The second kappa shape index (κ2) is 4.73. The fourth-order valence-electron chi connectivity index (χ4n) is 2.44. The van der Waals surface area contributed by atoms with Crippen LogP contribution in [-0.2, 0) is 6.42 Å². The Morgan fingerprint density at radius 3 is 2.84 bits per heavy atom. The smallest absolute Gasteiger partial charge is 0.0352 e. The molecule has 0 amide bonds. The summed E-state index contributed by atoms with van der Waals surface area (Å²) in [6, 6.07) is 14.6. The maximum Gasteiger partial charge on any atom is 0.0352 e. The molecule has 3 rings (SSSR count). The molecule has 19 heavy (non-hydrogen) atoms. The van der Waals surface area contributed by atoms with Crippen molar-refractivity contribution in [3.05, 3.63) is 60.4 Å². The third-order valence-electron chi connectivity index (χ3n) is 3.52. The first kappa shape index (κ1) is 11.7. The van der Waals surface area contributed by atoms with Gasteiger partial charge in [-0.25, -0.2) is 0 Å². The summed E-state index contributed by atoms with van der Waals surface area (Å²) >= 11 is 0. The molecule has 0 saturated carbocycles. The Hall–Kier alpha value is -2.35. The van der Waals surface area contributed by atoms with Crippen molar-refractivity contribution in [2.75, 3.05) is 5.73 Å². The van der Waals surface area contributed by atoms with Crippen molar-refractivity contribution >= 4 is 16.5 Å². The lowest BCUT2D eigenvalue weighted by Crippen LogP contribution is -1.93. The quantitative estimate of drug-likeness (QED) is 0.695. The van der Waals surface area contributed by atoms with Crippen LogP contribution in [0.3, 0.4) is 0 Å². The molecule has 94 valence electrons. The number of pyridine rings is 1. The van der Waals surface area contributed by atoms with Crippen LogP contribution in [0.15, 0.2) is 54.9 Å². The second-order valence-corrected chi connectivity index (χ2v) is 4.67. The zero-order valence-electron chi connectivity index (χ0n) is 10.9. The highest BCUT2D eigenvalue weighted by Crippen LogP contribution is 2.30. The number of hydrogen-bond donors (Lipinski definition) is 1. The highest BCUT2D eigenvalue weighted by molar-refractivity contribution is 5.96. The minimum atomic E-state index is 0.865. The third-order valence-corrected chi connectivity index (χ3v) is 3.52. The van der Waals surface area contributed by atoms with Gasteiger partial charge in [0.15, 0.2) is 0 Å². The molecule has 2 nitrogen and oxygen atoms in total. The molecule has 0 aliphatic heterocycles. The standard InChI is InChI=1S/C17H16N2/c1-2-12-10-14(6-7-17(12)18)15-5-3-4-13-8-9-19-11-16(13)15/h3-11H,2,18H2,1H3. The molecule has 0 radical (unpaired) electrons. The zero-order valence-corrected chi connectivity index (χ0v) is 10.9. The van der Waals surface area contributed by atoms with Crippen LogP contribution in [-0.4, -0.2) is 4.98 Å². The lowest BCUT2D eigenvalue weighted by Gasteiger charge is -2.09. The molecule has 0 atom stereocenters. The minimum absolute atomic E-state index is 0.865. The Bertz CT molecular complexity index is 727. The van der Waals surface area contributed by atoms with E-state index in [1.165, 1.54) is 27.5 Å². The van der Waals surface area contributed by atoms with Crippen LogP contribution in [0.1, 0.15) is 12.5 Å². The predicted octanol–water partition coefficient (Wildman–Crippen LogP) is 4.05. The maximum atomic E-state index is 5.98. The van der Waals surface area contributed by atoms with Gasteiger partial charge in [-0.2, -0.15) is 0 Å². The van der Waals surface area contributed by atoms with Crippen molar-refractivity contribution in [2.45, 2.75) is 13.3 Å². The number of rotatable bonds is 2. The third kappa shape index (κ3) is 2.06. The van der Waals surface area contributed by atoms with Gasteiger partial charge in [0, 0.05) is 23.5 Å². The van der Waals surface area contributed by atoms with Gasteiger partial charge < -0.3 is 5.73 Å². The molecular formula is C17H16N2. The number of hydrogen-bond acceptors (Lipinski definition) is 2.